The molecule has 4 aliphatic rings. The second-order valence-corrected chi connectivity index (χ2v) is 13.5. The van der Waals surface area contributed by atoms with Crippen LogP contribution in [0.25, 0.3) is 0 Å². The van der Waals surface area contributed by atoms with Gasteiger partial charge in [0, 0.05) is 70.0 Å². The molecule has 6 rings (SSSR count). The average Bonchev–Trinajstić information content (AvgIpc) is 3.46. The van der Waals surface area contributed by atoms with Gasteiger partial charge in [-0.05, 0) is 49.3 Å². The number of nitrogens with one attached hydrogen (secondary N) is 1. The number of nitrogens with zero attached hydrogens (tertiary/aromatic N) is 4. The summed E-state index contributed by atoms with van der Waals surface area (Å²) in [6.45, 7) is 4.21. The Labute approximate surface area is 280 Å². The molecule has 4 amide bonds. The Balaban J connectivity index is 1.08. The largest absolute Gasteiger partial charge is 0.509 e. The van der Waals surface area contributed by atoms with E-state index in [9.17, 15) is 19.5 Å². The molecule has 1 aliphatic carbocycles. The fourth-order valence-electron chi connectivity index (χ4n) is 7.68. The standard InChI is InChI=1S/C35H45B2N5O5/c36-28-21-24(22-29(37)32(28)43)23-31(33(44)40-19-17-39(18-20-40)26-8-3-1-2-4-9-26)47-35(46)41-14-12-27(13-15-41)42-16-11-25-7-5-6-10-30(25)38-34(42)45/h5-7,10,21-22,26-27,31,43H,1-4,8-9,11-20,23H2,(H,38,45)/t31-/m1/s1. The summed E-state index contributed by atoms with van der Waals surface area (Å²) < 4.78 is 5.99. The number of phenols is 1. The van der Waals surface area contributed by atoms with Crippen LogP contribution in [0, 0.1) is 0 Å². The van der Waals surface area contributed by atoms with Crippen LogP contribution in [0.2, 0.25) is 0 Å². The highest BCUT2D eigenvalue weighted by Crippen LogP contribution is 2.26. The quantitative estimate of drug-likeness (QED) is 0.373. The van der Waals surface area contributed by atoms with Gasteiger partial charge in [-0.2, -0.15) is 0 Å². The third-order valence-corrected chi connectivity index (χ3v) is 10.4. The van der Waals surface area contributed by atoms with Gasteiger partial charge in [-0.25, -0.2) is 9.59 Å². The lowest BCUT2D eigenvalue weighted by molar-refractivity contribution is -0.143. The summed E-state index contributed by atoms with van der Waals surface area (Å²) in [5.41, 5.74) is 2.78. The molecular formula is C35H45B2N5O5. The van der Waals surface area contributed by atoms with Crippen molar-refractivity contribution in [3.63, 3.8) is 0 Å². The number of likely N-dealkylation sites (tertiary alicyclic amines) is 1. The number of piperazine rings is 1. The number of amides is 4. The van der Waals surface area contributed by atoms with E-state index in [2.05, 4.69) is 10.2 Å². The van der Waals surface area contributed by atoms with Crippen molar-refractivity contribution in [2.45, 2.75) is 82.4 Å². The van der Waals surface area contributed by atoms with Crippen molar-refractivity contribution in [3.8, 4) is 5.75 Å². The third-order valence-electron chi connectivity index (χ3n) is 10.4. The van der Waals surface area contributed by atoms with Crippen LogP contribution in [0.15, 0.2) is 36.4 Å². The molecule has 0 aromatic heterocycles. The van der Waals surface area contributed by atoms with Crippen LogP contribution in [0.5, 0.6) is 5.75 Å². The number of anilines is 1. The summed E-state index contributed by atoms with van der Waals surface area (Å²) in [4.78, 5) is 48.4. The molecule has 47 heavy (non-hydrogen) atoms. The van der Waals surface area contributed by atoms with Gasteiger partial charge in [0.05, 0.1) is 0 Å². The van der Waals surface area contributed by atoms with Crippen LogP contribution in [0.4, 0.5) is 15.3 Å². The molecule has 2 aromatic rings. The number of ether oxygens (including phenoxy) is 1. The van der Waals surface area contributed by atoms with Gasteiger partial charge in [-0.1, -0.05) is 66.9 Å². The molecule has 2 saturated heterocycles. The Hall–Kier alpha value is -3.66. The summed E-state index contributed by atoms with van der Waals surface area (Å²) in [5, 5.41) is 13.1. The minimum Gasteiger partial charge on any atom is -0.509 e. The first-order valence-corrected chi connectivity index (χ1v) is 17.3. The highest BCUT2D eigenvalue weighted by molar-refractivity contribution is 6.41. The molecule has 0 unspecified atom stereocenters. The Morgan fingerprint density at radius 3 is 2.19 bits per heavy atom. The van der Waals surface area contributed by atoms with Crippen molar-refractivity contribution in [3.05, 3.63) is 47.5 Å². The minimum atomic E-state index is -1.07. The van der Waals surface area contributed by atoms with E-state index >= 15 is 0 Å². The van der Waals surface area contributed by atoms with Gasteiger partial charge in [0.1, 0.15) is 21.4 Å². The number of piperidine rings is 1. The topological polar surface area (TPSA) is 106 Å². The summed E-state index contributed by atoms with van der Waals surface area (Å²) in [7, 11) is 11.9. The molecule has 0 spiro atoms. The van der Waals surface area contributed by atoms with Crippen LogP contribution < -0.4 is 16.2 Å². The predicted octanol–water partition coefficient (Wildman–Crippen LogP) is 2.45. The summed E-state index contributed by atoms with van der Waals surface area (Å²) in [5.74, 6) is -0.437. The number of carbonyl (C=O) groups is 3. The van der Waals surface area contributed by atoms with E-state index in [1.165, 1.54) is 38.5 Å². The smallest absolute Gasteiger partial charge is 0.410 e. The molecular weight excluding hydrogens is 592 g/mol. The highest BCUT2D eigenvalue weighted by Gasteiger charge is 2.36. The molecule has 2 N–H and O–H groups in total. The summed E-state index contributed by atoms with van der Waals surface area (Å²) in [6, 6.07) is 11.4. The fourth-order valence-corrected chi connectivity index (χ4v) is 7.68. The van der Waals surface area contributed by atoms with E-state index in [-0.39, 0.29) is 41.1 Å². The maximum absolute atomic E-state index is 14.0. The number of fused-ring (bicyclic) bond motifs is 1. The van der Waals surface area contributed by atoms with E-state index < -0.39 is 12.2 Å². The van der Waals surface area contributed by atoms with Crippen molar-refractivity contribution >= 4 is 50.3 Å². The molecule has 3 aliphatic heterocycles. The lowest BCUT2D eigenvalue weighted by Crippen LogP contribution is -2.55. The molecule has 3 fully saturated rings. The lowest BCUT2D eigenvalue weighted by Gasteiger charge is -2.40. The van der Waals surface area contributed by atoms with Crippen LogP contribution in [-0.4, -0.2) is 122 Å². The van der Waals surface area contributed by atoms with Gasteiger partial charge in [0.25, 0.3) is 5.91 Å². The molecule has 1 atom stereocenters. The number of para-hydroxylation sites is 1. The van der Waals surface area contributed by atoms with Crippen molar-refractivity contribution in [2.24, 2.45) is 0 Å². The van der Waals surface area contributed by atoms with Crippen LogP contribution in [0.3, 0.4) is 0 Å². The van der Waals surface area contributed by atoms with Crippen molar-refractivity contribution < 1.29 is 24.2 Å². The number of hydrogen-bond acceptors (Lipinski definition) is 6. The number of hydrogen-bond donors (Lipinski definition) is 2. The van der Waals surface area contributed by atoms with E-state index in [0.29, 0.717) is 57.2 Å². The first-order chi connectivity index (χ1) is 22.8. The second kappa shape index (κ2) is 15.0. The Kier molecular flexibility index (Phi) is 10.6. The van der Waals surface area contributed by atoms with Gasteiger partial charge in [-0.15, -0.1) is 0 Å². The van der Waals surface area contributed by atoms with Gasteiger partial charge >= 0.3 is 12.1 Å². The van der Waals surface area contributed by atoms with Crippen LogP contribution in [0.1, 0.15) is 62.5 Å². The molecule has 246 valence electrons. The van der Waals surface area contributed by atoms with Gasteiger partial charge in [0.2, 0.25) is 0 Å². The number of benzene rings is 2. The number of carbonyl (C=O) groups excluding carboxylic acids is 3. The monoisotopic (exact) mass is 637 g/mol. The zero-order valence-corrected chi connectivity index (χ0v) is 27.2. The molecule has 1 saturated carbocycles. The Bertz CT molecular complexity index is 1410. The number of aromatic hydroxyl groups is 1. The number of rotatable bonds is 6. The molecule has 0 bridgehead atoms. The molecule has 3 heterocycles. The molecule has 4 radical (unpaired) electrons. The third kappa shape index (κ3) is 7.91. The average molecular weight is 637 g/mol. The molecule has 10 nitrogen and oxygen atoms in total. The van der Waals surface area contributed by atoms with Crippen molar-refractivity contribution in [1.29, 1.82) is 0 Å². The van der Waals surface area contributed by atoms with E-state index in [4.69, 9.17) is 20.4 Å². The normalized spacial score (nSPS) is 20.9. The van der Waals surface area contributed by atoms with E-state index in [1.807, 2.05) is 29.2 Å². The number of urea groups is 1. The summed E-state index contributed by atoms with van der Waals surface area (Å²) in [6.07, 6.45) is 8.02. The zero-order valence-electron chi connectivity index (χ0n) is 27.2. The Morgan fingerprint density at radius 1 is 0.851 bits per heavy atom. The first kappa shape index (κ1) is 33.2. The van der Waals surface area contributed by atoms with Gasteiger partial charge < -0.3 is 29.9 Å². The highest BCUT2D eigenvalue weighted by atomic mass is 16.6. The number of phenolic OH excluding ortho intramolecular Hbond substituents is 1. The lowest BCUT2D eigenvalue weighted by atomic mass is 9.83. The van der Waals surface area contributed by atoms with Crippen LogP contribution >= 0.6 is 0 Å². The maximum Gasteiger partial charge on any atom is 0.410 e. The Morgan fingerprint density at radius 2 is 1.51 bits per heavy atom. The van der Waals surface area contributed by atoms with Crippen LogP contribution in [-0.2, 0) is 22.4 Å². The second-order valence-electron chi connectivity index (χ2n) is 13.5. The first-order valence-electron chi connectivity index (χ1n) is 17.3. The van der Waals surface area contributed by atoms with E-state index in [1.54, 1.807) is 21.9 Å². The molecule has 2 aromatic carbocycles. The minimum absolute atomic E-state index is 0.00139. The summed E-state index contributed by atoms with van der Waals surface area (Å²) >= 11 is 0. The van der Waals surface area contributed by atoms with Gasteiger partial charge in [-0.3, -0.25) is 9.69 Å². The SMILES string of the molecule is [B]c1cc(C[C@@H](OC(=O)N2CCC(N3CCc4ccccc4NC3=O)CC2)C(=O)N2CCN(C3CCCCCC3)CC2)cc([B])c1O. The van der Waals surface area contributed by atoms with Crippen molar-refractivity contribution in [2.75, 3.05) is 51.1 Å². The maximum atomic E-state index is 14.0. The molecule has 12 heteroatoms. The predicted molar refractivity (Wildman–Crippen MR) is 183 cm³/mol. The van der Waals surface area contributed by atoms with Gasteiger partial charge in [0.15, 0.2) is 6.10 Å². The fraction of sp³-hybridized carbons (Fsp3) is 0.571. The zero-order chi connectivity index (χ0) is 32.9. The van der Waals surface area contributed by atoms with E-state index in [0.717, 1.165) is 30.8 Å². The van der Waals surface area contributed by atoms with Crippen molar-refractivity contribution in [1.82, 2.24) is 19.6 Å².